The average Bonchev–Trinajstić information content (AvgIpc) is 2.95. The van der Waals surface area contributed by atoms with Gasteiger partial charge in [-0.15, -0.1) is 0 Å². The molecule has 2 atom stereocenters. The molecule has 2 aromatic rings. The van der Waals surface area contributed by atoms with Crippen molar-refractivity contribution in [1.82, 2.24) is 0 Å². The Bertz CT molecular complexity index is 584. The molecule has 2 aromatic carbocycles. The van der Waals surface area contributed by atoms with Crippen LogP contribution in [-0.4, -0.2) is 17.8 Å². The van der Waals surface area contributed by atoms with Gasteiger partial charge in [0.25, 0.3) is 0 Å². The molecule has 0 radical (unpaired) electrons. The van der Waals surface area contributed by atoms with Crippen LogP contribution in [0.3, 0.4) is 0 Å². The number of para-hydroxylation sites is 2. The van der Waals surface area contributed by atoms with Crippen LogP contribution in [0.15, 0.2) is 48.5 Å². The SMILES string of the molecule is CCC(O)c1ccccc1OCC1Cc2ccccc2O1. The second kappa shape index (κ2) is 6.19. The maximum absolute atomic E-state index is 10.0. The van der Waals surface area contributed by atoms with Crippen LogP contribution in [-0.2, 0) is 6.42 Å². The largest absolute Gasteiger partial charge is 0.489 e. The van der Waals surface area contributed by atoms with Crippen molar-refractivity contribution in [3.8, 4) is 11.5 Å². The van der Waals surface area contributed by atoms with Gasteiger partial charge < -0.3 is 14.6 Å². The second-order valence-corrected chi connectivity index (χ2v) is 5.32. The van der Waals surface area contributed by atoms with Crippen LogP contribution in [0.2, 0.25) is 0 Å². The van der Waals surface area contributed by atoms with E-state index in [9.17, 15) is 5.11 Å². The van der Waals surface area contributed by atoms with Gasteiger partial charge in [0.1, 0.15) is 24.2 Å². The number of ether oxygens (including phenoxy) is 2. The smallest absolute Gasteiger partial charge is 0.137 e. The van der Waals surface area contributed by atoms with E-state index < -0.39 is 6.10 Å². The number of fused-ring (bicyclic) bond motifs is 1. The van der Waals surface area contributed by atoms with Crippen LogP contribution in [0.1, 0.15) is 30.6 Å². The number of aliphatic hydroxyl groups excluding tert-OH is 1. The van der Waals surface area contributed by atoms with Gasteiger partial charge in [0.05, 0.1) is 6.10 Å². The Morgan fingerprint density at radius 1 is 1.19 bits per heavy atom. The minimum Gasteiger partial charge on any atom is -0.489 e. The van der Waals surface area contributed by atoms with Crippen LogP contribution in [0.4, 0.5) is 0 Å². The quantitative estimate of drug-likeness (QED) is 0.913. The van der Waals surface area contributed by atoms with Crippen LogP contribution in [0.5, 0.6) is 11.5 Å². The molecule has 0 fully saturated rings. The second-order valence-electron chi connectivity index (χ2n) is 5.32. The molecule has 0 bridgehead atoms. The molecule has 0 saturated heterocycles. The van der Waals surface area contributed by atoms with E-state index in [0.717, 1.165) is 23.5 Å². The summed E-state index contributed by atoms with van der Waals surface area (Å²) in [4.78, 5) is 0. The van der Waals surface area contributed by atoms with Crippen LogP contribution >= 0.6 is 0 Å². The molecule has 21 heavy (non-hydrogen) atoms. The van der Waals surface area contributed by atoms with Crippen molar-refractivity contribution in [2.24, 2.45) is 0 Å². The van der Waals surface area contributed by atoms with Crippen molar-refractivity contribution in [2.75, 3.05) is 6.61 Å². The maximum Gasteiger partial charge on any atom is 0.137 e. The normalized spacial score (nSPS) is 17.9. The number of hydrogen-bond acceptors (Lipinski definition) is 3. The summed E-state index contributed by atoms with van der Waals surface area (Å²) in [7, 11) is 0. The van der Waals surface area contributed by atoms with E-state index in [-0.39, 0.29) is 6.10 Å². The number of rotatable bonds is 5. The topological polar surface area (TPSA) is 38.7 Å². The van der Waals surface area contributed by atoms with E-state index in [4.69, 9.17) is 9.47 Å². The molecule has 2 unspecified atom stereocenters. The zero-order chi connectivity index (χ0) is 14.7. The minimum atomic E-state index is -0.483. The zero-order valence-corrected chi connectivity index (χ0v) is 12.2. The van der Waals surface area contributed by atoms with E-state index in [1.165, 1.54) is 5.56 Å². The Morgan fingerprint density at radius 2 is 1.95 bits per heavy atom. The van der Waals surface area contributed by atoms with Crippen molar-refractivity contribution >= 4 is 0 Å². The molecule has 0 saturated carbocycles. The molecular formula is C18H20O3. The average molecular weight is 284 g/mol. The third-order valence-electron chi connectivity index (χ3n) is 3.80. The van der Waals surface area contributed by atoms with E-state index in [2.05, 4.69) is 6.07 Å². The lowest BCUT2D eigenvalue weighted by Crippen LogP contribution is -2.22. The minimum absolute atomic E-state index is 0.0363. The Balaban J connectivity index is 1.65. The summed E-state index contributed by atoms with van der Waals surface area (Å²) in [6, 6.07) is 15.7. The highest BCUT2D eigenvalue weighted by molar-refractivity contribution is 5.38. The van der Waals surface area contributed by atoms with E-state index in [1.54, 1.807) is 0 Å². The van der Waals surface area contributed by atoms with Gasteiger partial charge >= 0.3 is 0 Å². The van der Waals surface area contributed by atoms with Crippen LogP contribution in [0, 0.1) is 0 Å². The van der Waals surface area contributed by atoms with Gasteiger partial charge in [0.2, 0.25) is 0 Å². The molecule has 1 N–H and O–H groups in total. The Labute approximate surface area is 125 Å². The molecule has 0 aromatic heterocycles. The fourth-order valence-corrected chi connectivity index (χ4v) is 2.64. The predicted molar refractivity (Wildman–Crippen MR) is 81.7 cm³/mol. The lowest BCUT2D eigenvalue weighted by atomic mass is 10.1. The standard InChI is InChI=1S/C18H20O3/c1-2-16(19)15-8-4-6-10-18(15)20-12-14-11-13-7-3-5-9-17(13)21-14/h3-10,14,16,19H,2,11-12H2,1H3. The first-order valence-electron chi connectivity index (χ1n) is 7.42. The summed E-state index contributed by atoms with van der Waals surface area (Å²) >= 11 is 0. The molecular weight excluding hydrogens is 264 g/mol. The number of aliphatic hydroxyl groups is 1. The van der Waals surface area contributed by atoms with Gasteiger partial charge in [0, 0.05) is 12.0 Å². The first-order chi connectivity index (χ1) is 10.3. The van der Waals surface area contributed by atoms with Crippen LogP contribution in [0.25, 0.3) is 0 Å². The zero-order valence-electron chi connectivity index (χ0n) is 12.2. The summed E-state index contributed by atoms with van der Waals surface area (Å²) < 4.78 is 11.8. The third-order valence-corrected chi connectivity index (χ3v) is 3.80. The highest BCUT2D eigenvalue weighted by Crippen LogP contribution is 2.30. The van der Waals surface area contributed by atoms with Gasteiger partial charge in [-0.2, -0.15) is 0 Å². The molecule has 110 valence electrons. The van der Waals surface area contributed by atoms with E-state index in [1.807, 2.05) is 49.4 Å². The van der Waals surface area contributed by atoms with Gasteiger partial charge in [0.15, 0.2) is 0 Å². The van der Waals surface area contributed by atoms with Crippen molar-refractivity contribution < 1.29 is 14.6 Å². The summed E-state index contributed by atoms with van der Waals surface area (Å²) in [6.45, 7) is 2.44. The highest BCUT2D eigenvalue weighted by atomic mass is 16.5. The Hall–Kier alpha value is -2.00. The Morgan fingerprint density at radius 3 is 2.76 bits per heavy atom. The maximum atomic E-state index is 10.0. The molecule has 0 amide bonds. The molecule has 1 aliphatic heterocycles. The van der Waals surface area contributed by atoms with Crippen molar-refractivity contribution in [3.63, 3.8) is 0 Å². The monoisotopic (exact) mass is 284 g/mol. The number of hydrogen-bond donors (Lipinski definition) is 1. The number of benzene rings is 2. The van der Waals surface area contributed by atoms with E-state index in [0.29, 0.717) is 13.0 Å². The third kappa shape index (κ3) is 3.03. The first-order valence-corrected chi connectivity index (χ1v) is 7.42. The van der Waals surface area contributed by atoms with Gasteiger partial charge in [-0.3, -0.25) is 0 Å². The van der Waals surface area contributed by atoms with Crippen molar-refractivity contribution in [3.05, 3.63) is 59.7 Å². The van der Waals surface area contributed by atoms with Crippen molar-refractivity contribution in [1.29, 1.82) is 0 Å². The van der Waals surface area contributed by atoms with Gasteiger partial charge in [-0.05, 0) is 24.1 Å². The molecule has 1 aliphatic rings. The lowest BCUT2D eigenvalue weighted by Gasteiger charge is -2.17. The Kier molecular flexibility index (Phi) is 4.11. The molecule has 0 aliphatic carbocycles. The van der Waals surface area contributed by atoms with Crippen molar-refractivity contribution in [2.45, 2.75) is 32.0 Å². The molecule has 0 spiro atoms. The molecule has 3 nitrogen and oxygen atoms in total. The summed E-state index contributed by atoms with van der Waals surface area (Å²) in [5.74, 6) is 1.69. The highest BCUT2D eigenvalue weighted by Gasteiger charge is 2.23. The van der Waals surface area contributed by atoms with Gasteiger partial charge in [-0.1, -0.05) is 43.3 Å². The fraction of sp³-hybridized carbons (Fsp3) is 0.333. The molecule has 3 heteroatoms. The van der Waals surface area contributed by atoms with Crippen LogP contribution < -0.4 is 9.47 Å². The summed E-state index contributed by atoms with van der Waals surface area (Å²) in [5.41, 5.74) is 2.07. The summed E-state index contributed by atoms with van der Waals surface area (Å²) in [6.07, 6.45) is 1.09. The molecule has 3 rings (SSSR count). The lowest BCUT2D eigenvalue weighted by molar-refractivity contribution is 0.137. The molecule has 1 heterocycles. The summed E-state index contributed by atoms with van der Waals surface area (Å²) in [5, 5.41) is 10.0. The van der Waals surface area contributed by atoms with E-state index >= 15 is 0 Å². The predicted octanol–water partition coefficient (Wildman–Crippen LogP) is 3.51. The first kappa shape index (κ1) is 14.0. The van der Waals surface area contributed by atoms with Gasteiger partial charge in [-0.25, -0.2) is 0 Å². The fourth-order valence-electron chi connectivity index (χ4n) is 2.64.